The van der Waals surface area contributed by atoms with Gasteiger partial charge in [-0.05, 0) is 49.7 Å². The zero-order chi connectivity index (χ0) is 33.4. The fourth-order valence-electron chi connectivity index (χ4n) is 6.47. The number of benzene rings is 1. The lowest BCUT2D eigenvalue weighted by Crippen LogP contribution is -2.64. The third kappa shape index (κ3) is 7.89. The number of nitrogens with one attached hydrogen (secondary N) is 2. The Labute approximate surface area is 270 Å². The Morgan fingerprint density at radius 1 is 1.02 bits per heavy atom. The second-order valence-electron chi connectivity index (χ2n) is 12.6. The van der Waals surface area contributed by atoms with E-state index in [0.717, 1.165) is 23.7 Å². The molecule has 4 amide bonds. The molecule has 0 bridgehead atoms. The van der Waals surface area contributed by atoms with Crippen LogP contribution >= 0.6 is 0 Å². The van der Waals surface area contributed by atoms with Gasteiger partial charge in [0.1, 0.15) is 37.1 Å². The van der Waals surface area contributed by atoms with Crippen LogP contribution in [-0.4, -0.2) is 87.1 Å². The standard InChI is InChI=1S/C34H49N5O7/c1-5-22(3)30-34(44)37-19-13-12-18-28(37)31(41)35-26(16-9-7-8-14-24(40)6-2)33(43)39(45)29(32(42)36-30)20-23-21-38(46-4)27-17-11-10-15-25(23)27/h10-11,15,17,21-22,26,28-30,45H,5-9,12-14,16,18-20H2,1-4H3,(H,35,41)(H,36,42)/t22?,26-,28+,29+,30-/m0/s1. The van der Waals surface area contributed by atoms with E-state index in [1.54, 1.807) is 15.8 Å². The fraction of sp³-hybridized carbons (Fsp3) is 0.618. The Bertz CT molecular complexity index is 1410. The molecule has 12 nitrogen and oxygen atoms in total. The number of piperidine rings is 1. The van der Waals surface area contributed by atoms with E-state index in [2.05, 4.69) is 10.6 Å². The number of amides is 4. The van der Waals surface area contributed by atoms with Crippen LogP contribution in [0.5, 0.6) is 0 Å². The van der Waals surface area contributed by atoms with Crippen molar-refractivity contribution in [3.05, 3.63) is 36.0 Å². The molecule has 0 radical (unpaired) electrons. The summed E-state index contributed by atoms with van der Waals surface area (Å²) in [4.78, 5) is 74.7. The Balaban J connectivity index is 1.71. The number of Topliss-reactive ketones (excluding diaryl/α,β-unsaturated/α-hetero) is 1. The molecule has 1 aromatic carbocycles. The molecule has 4 rings (SSSR count). The summed E-state index contributed by atoms with van der Waals surface area (Å²) in [6.07, 6.45) is 7.08. The maximum atomic E-state index is 14.1. The van der Waals surface area contributed by atoms with E-state index in [0.29, 0.717) is 62.1 Å². The minimum Gasteiger partial charge on any atom is -0.417 e. The van der Waals surface area contributed by atoms with Crippen LogP contribution in [0, 0.1) is 5.92 Å². The highest BCUT2D eigenvalue weighted by atomic mass is 16.6. The van der Waals surface area contributed by atoms with Crippen LogP contribution in [0.25, 0.3) is 10.9 Å². The van der Waals surface area contributed by atoms with E-state index in [-0.39, 0.29) is 30.4 Å². The minimum absolute atomic E-state index is 0.0709. The number of hydrogen-bond donors (Lipinski definition) is 3. The number of unbranched alkanes of at least 4 members (excludes halogenated alkanes) is 2. The predicted octanol–water partition coefficient (Wildman–Crippen LogP) is 3.17. The highest BCUT2D eigenvalue weighted by Crippen LogP contribution is 2.26. The molecule has 3 heterocycles. The summed E-state index contributed by atoms with van der Waals surface area (Å²) in [6.45, 7) is 5.97. The Hall–Kier alpha value is -3.93. The number of carbonyl (C=O) groups excluding carboxylic acids is 5. The molecular weight excluding hydrogens is 590 g/mol. The van der Waals surface area contributed by atoms with Crippen molar-refractivity contribution >= 4 is 40.3 Å². The Kier molecular flexibility index (Phi) is 12.2. The molecule has 1 aromatic heterocycles. The molecule has 3 N–H and O–H groups in total. The first-order valence-electron chi connectivity index (χ1n) is 16.7. The summed E-state index contributed by atoms with van der Waals surface area (Å²) >= 11 is 0. The zero-order valence-electron chi connectivity index (χ0n) is 27.5. The molecule has 2 aromatic rings. The molecule has 2 aliphatic rings. The minimum atomic E-state index is -1.40. The second kappa shape index (κ2) is 16.1. The monoisotopic (exact) mass is 639 g/mol. The summed E-state index contributed by atoms with van der Waals surface area (Å²) in [6, 6.07) is 3.17. The van der Waals surface area contributed by atoms with E-state index < -0.39 is 41.9 Å². The number of hydrogen-bond acceptors (Lipinski definition) is 7. The third-order valence-electron chi connectivity index (χ3n) is 9.52. The van der Waals surface area contributed by atoms with Crippen LogP contribution < -0.4 is 15.5 Å². The summed E-state index contributed by atoms with van der Waals surface area (Å²) in [5, 5.41) is 18.5. The van der Waals surface area contributed by atoms with Crippen LogP contribution in [0.15, 0.2) is 30.5 Å². The lowest BCUT2D eigenvalue weighted by molar-refractivity contribution is -0.183. The van der Waals surface area contributed by atoms with Gasteiger partial charge in [0, 0.05) is 37.4 Å². The van der Waals surface area contributed by atoms with Gasteiger partial charge in [-0.25, -0.2) is 5.06 Å². The molecule has 0 saturated carbocycles. The van der Waals surface area contributed by atoms with Gasteiger partial charge in [0.05, 0.1) is 5.52 Å². The van der Waals surface area contributed by atoms with Gasteiger partial charge in [-0.1, -0.05) is 58.2 Å². The van der Waals surface area contributed by atoms with Crippen molar-refractivity contribution in [2.24, 2.45) is 5.92 Å². The topological polar surface area (TPSA) is 150 Å². The molecule has 2 saturated heterocycles. The number of ketones is 1. The molecule has 5 atom stereocenters. The third-order valence-corrected chi connectivity index (χ3v) is 9.52. The number of nitrogens with zero attached hydrogens (tertiary/aromatic N) is 3. The normalized spacial score (nSPS) is 23.7. The lowest BCUT2D eigenvalue weighted by atomic mass is 9.93. The Morgan fingerprint density at radius 2 is 1.78 bits per heavy atom. The molecule has 2 aliphatic heterocycles. The van der Waals surface area contributed by atoms with E-state index in [9.17, 15) is 29.2 Å². The van der Waals surface area contributed by atoms with Crippen molar-refractivity contribution in [1.82, 2.24) is 25.3 Å². The van der Waals surface area contributed by atoms with Crippen LogP contribution in [0.1, 0.15) is 90.5 Å². The molecule has 46 heavy (non-hydrogen) atoms. The SMILES string of the molecule is CCC(=O)CCCCC[C@@H]1NC(=O)[C@H]2CCCCN2C(=O)[C@H](C(C)CC)NC(=O)[C@@H](Cc2cn(OC)c3ccccc23)N(O)C1=O. The van der Waals surface area contributed by atoms with Crippen molar-refractivity contribution in [1.29, 1.82) is 0 Å². The first kappa shape index (κ1) is 34.9. The van der Waals surface area contributed by atoms with Gasteiger partial charge in [-0.15, -0.1) is 0 Å². The summed E-state index contributed by atoms with van der Waals surface area (Å²) in [7, 11) is 1.52. The number of hydroxylamine groups is 2. The maximum absolute atomic E-state index is 14.1. The van der Waals surface area contributed by atoms with E-state index in [1.807, 2.05) is 45.0 Å². The number of fused-ring (bicyclic) bond motifs is 2. The zero-order valence-corrected chi connectivity index (χ0v) is 27.5. The Morgan fingerprint density at radius 3 is 2.50 bits per heavy atom. The summed E-state index contributed by atoms with van der Waals surface area (Å²) in [5.41, 5.74) is 1.40. The number of carbonyl (C=O) groups is 5. The number of rotatable bonds is 12. The lowest BCUT2D eigenvalue weighted by Gasteiger charge is -2.40. The molecule has 2 fully saturated rings. The van der Waals surface area contributed by atoms with Gasteiger partial charge in [-0.2, -0.15) is 4.73 Å². The highest BCUT2D eigenvalue weighted by molar-refractivity contribution is 5.98. The average molecular weight is 640 g/mol. The maximum Gasteiger partial charge on any atom is 0.269 e. The van der Waals surface area contributed by atoms with Crippen molar-refractivity contribution in [3.63, 3.8) is 0 Å². The van der Waals surface area contributed by atoms with Crippen molar-refractivity contribution < 1.29 is 34.0 Å². The van der Waals surface area contributed by atoms with Gasteiger partial charge >= 0.3 is 0 Å². The molecule has 12 heteroatoms. The molecule has 252 valence electrons. The first-order valence-corrected chi connectivity index (χ1v) is 16.7. The van der Waals surface area contributed by atoms with Crippen molar-refractivity contribution in [2.45, 2.75) is 116 Å². The largest absolute Gasteiger partial charge is 0.417 e. The van der Waals surface area contributed by atoms with Crippen LogP contribution in [0.3, 0.4) is 0 Å². The number of aromatic nitrogens is 1. The van der Waals surface area contributed by atoms with Gasteiger partial charge in [0.25, 0.3) is 5.91 Å². The smallest absolute Gasteiger partial charge is 0.269 e. The van der Waals surface area contributed by atoms with Crippen molar-refractivity contribution in [3.8, 4) is 0 Å². The predicted molar refractivity (Wildman–Crippen MR) is 172 cm³/mol. The average Bonchev–Trinajstić information content (AvgIpc) is 3.44. The van der Waals surface area contributed by atoms with Gasteiger partial charge in [-0.3, -0.25) is 29.2 Å². The molecule has 1 unspecified atom stereocenters. The highest BCUT2D eigenvalue weighted by Gasteiger charge is 2.43. The van der Waals surface area contributed by atoms with Crippen LogP contribution in [0.4, 0.5) is 0 Å². The second-order valence-corrected chi connectivity index (χ2v) is 12.6. The van der Waals surface area contributed by atoms with Crippen molar-refractivity contribution in [2.75, 3.05) is 13.7 Å². The van der Waals surface area contributed by atoms with Gasteiger partial charge in [0.15, 0.2) is 0 Å². The van der Waals surface area contributed by atoms with Crippen LogP contribution in [0.2, 0.25) is 0 Å². The summed E-state index contributed by atoms with van der Waals surface area (Å²) in [5.74, 6) is -2.36. The first-order chi connectivity index (χ1) is 22.1. The molecular formula is C34H49N5O7. The fourth-order valence-corrected chi connectivity index (χ4v) is 6.47. The van der Waals surface area contributed by atoms with Gasteiger partial charge in [0.2, 0.25) is 17.7 Å². The van der Waals surface area contributed by atoms with E-state index in [4.69, 9.17) is 4.84 Å². The van der Waals surface area contributed by atoms with Gasteiger partial charge < -0.3 is 20.4 Å². The van der Waals surface area contributed by atoms with Crippen LogP contribution in [-0.2, 0) is 30.4 Å². The number of para-hydroxylation sites is 1. The summed E-state index contributed by atoms with van der Waals surface area (Å²) < 4.78 is 1.55. The molecule has 0 spiro atoms. The molecule has 0 aliphatic carbocycles. The van der Waals surface area contributed by atoms with E-state index >= 15 is 0 Å². The quantitative estimate of drug-likeness (QED) is 0.239. The van der Waals surface area contributed by atoms with E-state index in [1.165, 1.54) is 7.11 Å².